The number of oxazole rings is 1. The number of carbonyl (C=O) groups excluding carboxylic acids is 4. The van der Waals surface area contributed by atoms with E-state index in [1.165, 1.54) is 18.7 Å². The Kier molecular flexibility index (Phi) is 9.61. The van der Waals surface area contributed by atoms with Crippen LogP contribution in [-0.2, 0) is 16.0 Å². The summed E-state index contributed by atoms with van der Waals surface area (Å²) in [5.74, 6) is -1.66. The fourth-order valence-corrected chi connectivity index (χ4v) is 4.41. The van der Waals surface area contributed by atoms with Gasteiger partial charge in [-0.2, -0.15) is 0 Å². The number of hydrogen-bond donors (Lipinski definition) is 4. The largest absolute Gasteiger partial charge is 0.446 e. The first-order valence-electron chi connectivity index (χ1n) is 13.4. The molecule has 0 saturated heterocycles. The summed E-state index contributed by atoms with van der Waals surface area (Å²) in [6.45, 7) is 4.14. The van der Waals surface area contributed by atoms with Gasteiger partial charge in [-0.15, -0.1) is 0 Å². The van der Waals surface area contributed by atoms with Crippen molar-refractivity contribution in [2.24, 2.45) is 5.92 Å². The van der Waals surface area contributed by atoms with E-state index in [1.54, 1.807) is 12.1 Å². The van der Waals surface area contributed by atoms with Gasteiger partial charge in [0, 0.05) is 30.9 Å². The van der Waals surface area contributed by atoms with Gasteiger partial charge in [-0.05, 0) is 42.9 Å². The highest BCUT2D eigenvalue weighted by molar-refractivity contribution is 5.98. The standard InChI is InChI=1S/C29H34N6O5/c1-18(2)24-29-34-23(17-40-29)26(37)31-13-7-6-10-21(32-25(36)20-11-14-30-15-12-20)27(38)33-22(28(39)35-24)16-19-8-4-3-5-9-19/h3-5,8-9,11-12,14-15,17-18,21-22,24H,6-7,10,13,16H2,1-2H3,(H,31,37)(H,32,36)(H,33,38)(H,35,39)/t21-,22-,24-/m0/s1. The highest BCUT2D eigenvalue weighted by Crippen LogP contribution is 2.22. The van der Waals surface area contributed by atoms with Gasteiger partial charge in [0.1, 0.15) is 24.4 Å². The minimum atomic E-state index is -0.942. The van der Waals surface area contributed by atoms with E-state index >= 15 is 0 Å². The number of nitrogens with one attached hydrogen (secondary N) is 4. The van der Waals surface area contributed by atoms with Crippen LogP contribution in [0.2, 0.25) is 0 Å². The van der Waals surface area contributed by atoms with Crippen LogP contribution < -0.4 is 21.3 Å². The summed E-state index contributed by atoms with van der Waals surface area (Å²) in [5.41, 5.74) is 1.34. The monoisotopic (exact) mass is 546 g/mol. The van der Waals surface area contributed by atoms with Crippen molar-refractivity contribution in [3.8, 4) is 0 Å². The molecule has 3 atom stereocenters. The Morgan fingerprint density at radius 2 is 1.77 bits per heavy atom. The number of aromatic nitrogens is 2. The molecule has 4 rings (SSSR count). The van der Waals surface area contributed by atoms with Gasteiger partial charge in [0.25, 0.3) is 11.8 Å². The zero-order valence-electron chi connectivity index (χ0n) is 22.6. The molecule has 0 aliphatic carbocycles. The van der Waals surface area contributed by atoms with E-state index in [4.69, 9.17) is 4.42 Å². The zero-order chi connectivity index (χ0) is 28.5. The zero-order valence-corrected chi connectivity index (χ0v) is 22.6. The molecule has 40 heavy (non-hydrogen) atoms. The summed E-state index contributed by atoms with van der Waals surface area (Å²) < 4.78 is 5.58. The van der Waals surface area contributed by atoms with E-state index in [9.17, 15) is 19.2 Å². The third-order valence-electron chi connectivity index (χ3n) is 6.67. The molecule has 210 valence electrons. The maximum atomic E-state index is 13.6. The Hall–Kier alpha value is -4.54. The van der Waals surface area contributed by atoms with Gasteiger partial charge in [-0.3, -0.25) is 24.2 Å². The van der Waals surface area contributed by atoms with Gasteiger partial charge in [-0.25, -0.2) is 4.98 Å². The lowest BCUT2D eigenvalue weighted by Crippen LogP contribution is -2.55. The number of nitrogens with zero attached hydrogens (tertiary/aromatic N) is 2. The van der Waals surface area contributed by atoms with Crippen LogP contribution in [0.1, 0.15) is 71.5 Å². The Morgan fingerprint density at radius 1 is 1.02 bits per heavy atom. The smallest absolute Gasteiger partial charge is 0.273 e. The average Bonchev–Trinajstić information content (AvgIpc) is 3.45. The van der Waals surface area contributed by atoms with Crippen LogP contribution in [0, 0.1) is 5.92 Å². The van der Waals surface area contributed by atoms with Crippen LogP contribution in [0.15, 0.2) is 65.5 Å². The van der Waals surface area contributed by atoms with Gasteiger partial charge in [-0.1, -0.05) is 44.2 Å². The van der Waals surface area contributed by atoms with Crippen LogP contribution in [0.25, 0.3) is 0 Å². The van der Waals surface area contributed by atoms with Gasteiger partial charge in [0.15, 0.2) is 5.69 Å². The van der Waals surface area contributed by atoms with Crippen molar-refractivity contribution in [3.05, 3.63) is 83.8 Å². The van der Waals surface area contributed by atoms with Crippen molar-refractivity contribution in [3.63, 3.8) is 0 Å². The number of pyridine rings is 1. The Bertz CT molecular complexity index is 1310. The van der Waals surface area contributed by atoms with Gasteiger partial charge in [0.05, 0.1) is 0 Å². The third kappa shape index (κ3) is 7.52. The number of benzene rings is 1. The summed E-state index contributed by atoms with van der Waals surface area (Å²) >= 11 is 0. The van der Waals surface area contributed by atoms with E-state index in [-0.39, 0.29) is 23.9 Å². The van der Waals surface area contributed by atoms with Gasteiger partial charge in [0.2, 0.25) is 17.7 Å². The lowest BCUT2D eigenvalue weighted by molar-refractivity contribution is -0.130. The molecule has 11 heteroatoms. The number of hydrogen-bond acceptors (Lipinski definition) is 7. The van der Waals surface area contributed by atoms with E-state index in [0.29, 0.717) is 31.4 Å². The Balaban J connectivity index is 1.62. The SMILES string of the molecule is CC(C)[C@@H]1NC(=O)[C@H](Cc2ccccc2)NC(=O)[C@@H](NC(=O)c2ccncc2)CCCCNC(=O)c2coc1n2. The second kappa shape index (κ2) is 13.5. The fourth-order valence-electron chi connectivity index (χ4n) is 4.41. The first-order valence-corrected chi connectivity index (χ1v) is 13.4. The Labute approximate surface area is 232 Å². The number of amides is 4. The minimum Gasteiger partial charge on any atom is -0.446 e. The third-order valence-corrected chi connectivity index (χ3v) is 6.67. The molecule has 0 saturated carbocycles. The van der Waals surface area contributed by atoms with E-state index in [1.807, 2.05) is 44.2 Å². The second-order valence-corrected chi connectivity index (χ2v) is 10.1. The lowest BCUT2D eigenvalue weighted by Gasteiger charge is -2.26. The molecule has 0 radical (unpaired) electrons. The van der Waals surface area contributed by atoms with E-state index < -0.39 is 41.8 Å². The molecule has 0 unspecified atom stereocenters. The highest BCUT2D eigenvalue weighted by atomic mass is 16.3. The van der Waals surface area contributed by atoms with Crippen LogP contribution in [-0.4, -0.2) is 52.2 Å². The van der Waals surface area contributed by atoms with Gasteiger partial charge < -0.3 is 25.7 Å². The minimum absolute atomic E-state index is 0.124. The molecule has 0 spiro atoms. The van der Waals surface area contributed by atoms with Crippen LogP contribution in [0.3, 0.4) is 0 Å². The summed E-state index contributed by atoms with van der Waals surface area (Å²) in [6.07, 6.45) is 5.90. The van der Waals surface area contributed by atoms with Crippen molar-refractivity contribution >= 4 is 23.6 Å². The summed E-state index contributed by atoms with van der Waals surface area (Å²) in [5, 5.41) is 11.4. The molecule has 2 aromatic heterocycles. The van der Waals surface area contributed by atoms with Gasteiger partial charge >= 0.3 is 0 Å². The van der Waals surface area contributed by atoms with Crippen molar-refractivity contribution in [1.29, 1.82) is 0 Å². The maximum Gasteiger partial charge on any atom is 0.273 e. The molecule has 1 aliphatic heterocycles. The predicted molar refractivity (Wildman–Crippen MR) is 146 cm³/mol. The molecule has 0 fully saturated rings. The highest BCUT2D eigenvalue weighted by Gasteiger charge is 2.31. The van der Waals surface area contributed by atoms with Crippen molar-refractivity contribution in [2.75, 3.05) is 6.54 Å². The molecule has 3 heterocycles. The molecular weight excluding hydrogens is 512 g/mol. The molecule has 1 aliphatic rings. The normalized spacial score (nSPS) is 20.8. The van der Waals surface area contributed by atoms with Crippen LogP contribution >= 0.6 is 0 Å². The van der Waals surface area contributed by atoms with E-state index in [2.05, 4.69) is 31.2 Å². The van der Waals surface area contributed by atoms with Crippen molar-refractivity contribution in [2.45, 2.75) is 57.7 Å². The van der Waals surface area contributed by atoms with Crippen molar-refractivity contribution in [1.82, 2.24) is 31.2 Å². The topological polar surface area (TPSA) is 155 Å². The molecule has 4 N–H and O–H groups in total. The predicted octanol–water partition coefficient (Wildman–Crippen LogP) is 2.32. The summed E-state index contributed by atoms with van der Waals surface area (Å²) in [6, 6.07) is 9.98. The number of fused-ring (bicyclic) bond motifs is 2. The molecule has 4 amide bonds. The fraction of sp³-hybridized carbons (Fsp3) is 0.379. The molecule has 2 bridgehead atoms. The first kappa shape index (κ1) is 28.5. The number of rotatable bonds is 5. The first-order chi connectivity index (χ1) is 19.3. The lowest BCUT2D eigenvalue weighted by atomic mass is 10.0. The van der Waals surface area contributed by atoms with E-state index in [0.717, 1.165) is 5.56 Å². The molecule has 11 nitrogen and oxygen atoms in total. The average molecular weight is 547 g/mol. The van der Waals surface area contributed by atoms with Crippen molar-refractivity contribution < 1.29 is 23.6 Å². The summed E-state index contributed by atoms with van der Waals surface area (Å²) in [4.78, 5) is 61.0. The summed E-state index contributed by atoms with van der Waals surface area (Å²) in [7, 11) is 0. The molecule has 1 aromatic carbocycles. The van der Waals surface area contributed by atoms with Crippen LogP contribution in [0.5, 0.6) is 0 Å². The second-order valence-electron chi connectivity index (χ2n) is 10.1. The quantitative estimate of drug-likeness (QED) is 0.383. The number of carbonyl (C=O) groups is 4. The van der Waals surface area contributed by atoms with Crippen LogP contribution in [0.4, 0.5) is 0 Å². The maximum absolute atomic E-state index is 13.6. The Morgan fingerprint density at radius 3 is 2.50 bits per heavy atom. The molecular formula is C29H34N6O5. The molecule has 3 aromatic rings.